The van der Waals surface area contributed by atoms with E-state index in [1.165, 1.54) is 10.8 Å². The highest BCUT2D eigenvalue weighted by atomic mass is 35.5. The van der Waals surface area contributed by atoms with Crippen molar-refractivity contribution >= 4 is 29.1 Å². The highest BCUT2D eigenvalue weighted by molar-refractivity contribution is 6.30. The Hall–Kier alpha value is -2.50. The van der Waals surface area contributed by atoms with Crippen molar-refractivity contribution in [2.75, 3.05) is 0 Å². The van der Waals surface area contributed by atoms with Crippen LogP contribution in [-0.4, -0.2) is 15.5 Å². The number of benzene rings is 2. The van der Waals surface area contributed by atoms with Crippen molar-refractivity contribution in [3.8, 4) is 0 Å². The monoisotopic (exact) mass is 403 g/mol. The number of carbonyl (C=O) groups is 1. The van der Waals surface area contributed by atoms with Crippen LogP contribution in [0.25, 0.3) is 0 Å². The van der Waals surface area contributed by atoms with E-state index in [9.17, 15) is 9.59 Å². The summed E-state index contributed by atoms with van der Waals surface area (Å²) < 4.78 is 1.51. The molecule has 0 aliphatic heterocycles. The molecule has 140 valence electrons. The average molecular weight is 404 g/mol. The summed E-state index contributed by atoms with van der Waals surface area (Å²) in [7, 11) is 0. The van der Waals surface area contributed by atoms with Crippen molar-refractivity contribution in [2.24, 2.45) is 5.73 Å². The Morgan fingerprint density at radius 1 is 1.07 bits per heavy atom. The lowest BCUT2D eigenvalue weighted by Crippen LogP contribution is -2.25. The number of nitrogens with zero attached hydrogens (tertiary/aromatic N) is 1. The number of halogens is 2. The van der Waals surface area contributed by atoms with Crippen molar-refractivity contribution in [1.82, 2.24) is 9.55 Å². The zero-order valence-corrected chi connectivity index (χ0v) is 16.2. The zero-order valence-electron chi connectivity index (χ0n) is 14.7. The third-order valence-corrected chi connectivity index (χ3v) is 5.20. The molecule has 1 aromatic heterocycles. The molecule has 3 aromatic rings. The summed E-state index contributed by atoms with van der Waals surface area (Å²) in [6.45, 7) is 1.94. The van der Waals surface area contributed by atoms with Gasteiger partial charge in [0.25, 0.3) is 5.91 Å². The number of H-pyrrole nitrogens is 1. The summed E-state index contributed by atoms with van der Waals surface area (Å²) in [4.78, 5) is 26.2. The minimum Gasteiger partial charge on any atom is -0.364 e. The van der Waals surface area contributed by atoms with Gasteiger partial charge in [-0.25, -0.2) is 4.79 Å². The molecule has 0 aliphatic carbocycles. The molecule has 0 bridgehead atoms. The fraction of sp³-hybridized carbons (Fsp3) is 0.200. The first-order valence-electron chi connectivity index (χ1n) is 8.46. The molecule has 0 aliphatic rings. The molecule has 2 atom stereocenters. The number of primary amides is 1. The average Bonchev–Trinajstić information content (AvgIpc) is 3.04. The maximum atomic E-state index is 12.3. The first-order valence-corrected chi connectivity index (χ1v) is 9.21. The van der Waals surface area contributed by atoms with Crippen molar-refractivity contribution in [3.05, 3.63) is 92.1 Å². The highest BCUT2D eigenvalue weighted by Crippen LogP contribution is 2.32. The number of hydrogen-bond donors (Lipinski definition) is 2. The van der Waals surface area contributed by atoms with Crippen LogP contribution < -0.4 is 11.4 Å². The fourth-order valence-corrected chi connectivity index (χ4v) is 3.43. The SMILES string of the molecule is CC(C(Cc1ccc(Cl)cc1)c1ccc(Cl)cc1)n1cc(C(N)=O)[nH]c1=O. The number of nitrogens with two attached hydrogens (primary N) is 1. The molecule has 0 fully saturated rings. The first-order chi connectivity index (χ1) is 12.8. The molecule has 5 nitrogen and oxygen atoms in total. The van der Waals surface area contributed by atoms with Gasteiger partial charge in [0.2, 0.25) is 0 Å². The lowest BCUT2D eigenvalue weighted by Gasteiger charge is -2.25. The van der Waals surface area contributed by atoms with Crippen molar-refractivity contribution in [3.63, 3.8) is 0 Å². The summed E-state index contributed by atoms with van der Waals surface area (Å²) in [5, 5.41) is 1.31. The molecule has 0 spiro atoms. The van der Waals surface area contributed by atoms with Gasteiger partial charge in [0.15, 0.2) is 0 Å². The summed E-state index contributed by atoms with van der Waals surface area (Å²) >= 11 is 12.0. The molecular weight excluding hydrogens is 385 g/mol. The van der Waals surface area contributed by atoms with Crippen LogP contribution in [0.4, 0.5) is 0 Å². The van der Waals surface area contributed by atoms with E-state index in [1.54, 1.807) is 0 Å². The van der Waals surface area contributed by atoms with Crippen molar-refractivity contribution in [1.29, 1.82) is 0 Å². The number of aromatic nitrogens is 2. The summed E-state index contributed by atoms with van der Waals surface area (Å²) in [6.07, 6.45) is 2.16. The standard InChI is InChI=1S/C20H19Cl2N3O2/c1-12(25-11-18(19(23)26)24-20(25)27)17(14-4-8-16(22)9-5-14)10-13-2-6-15(21)7-3-13/h2-9,11-12,17H,10H2,1H3,(H2,23,26)(H,24,27). The molecule has 0 saturated carbocycles. The van der Waals surface area contributed by atoms with Gasteiger partial charge in [0.1, 0.15) is 5.69 Å². The number of carbonyl (C=O) groups excluding carboxylic acids is 1. The second-order valence-corrected chi connectivity index (χ2v) is 7.35. The van der Waals surface area contributed by atoms with Crippen LogP contribution in [0.5, 0.6) is 0 Å². The normalized spacial score (nSPS) is 13.3. The molecule has 3 rings (SSSR count). The lowest BCUT2D eigenvalue weighted by atomic mass is 9.86. The number of aromatic amines is 1. The molecule has 7 heteroatoms. The van der Waals surface area contributed by atoms with Crippen molar-refractivity contribution < 1.29 is 4.79 Å². The highest BCUT2D eigenvalue weighted by Gasteiger charge is 2.24. The zero-order chi connectivity index (χ0) is 19.6. The molecule has 3 N–H and O–H groups in total. The van der Waals surface area contributed by atoms with Gasteiger partial charge >= 0.3 is 5.69 Å². The number of imidazole rings is 1. The van der Waals surface area contributed by atoms with Gasteiger partial charge in [-0.05, 0) is 48.7 Å². The molecule has 2 aromatic carbocycles. The summed E-state index contributed by atoms with van der Waals surface area (Å²) in [5.74, 6) is -0.698. The van der Waals surface area contributed by atoms with Crippen LogP contribution in [0.3, 0.4) is 0 Å². The summed E-state index contributed by atoms with van der Waals surface area (Å²) in [5.41, 5.74) is 7.14. The van der Waals surface area contributed by atoms with Gasteiger partial charge in [0.05, 0.1) is 0 Å². The third-order valence-electron chi connectivity index (χ3n) is 4.70. The number of nitrogens with one attached hydrogen (secondary N) is 1. The van der Waals surface area contributed by atoms with Gasteiger partial charge in [-0.15, -0.1) is 0 Å². The van der Waals surface area contributed by atoms with E-state index in [0.717, 1.165) is 11.1 Å². The molecule has 1 heterocycles. The fourth-order valence-electron chi connectivity index (χ4n) is 3.18. The second-order valence-electron chi connectivity index (χ2n) is 6.47. The molecular formula is C20H19Cl2N3O2. The van der Waals surface area contributed by atoms with E-state index in [2.05, 4.69) is 4.98 Å². The van der Waals surface area contributed by atoms with E-state index in [1.807, 2.05) is 55.5 Å². The largest absolute Gasteiger partial charge is 0.364 e. The van der Waals surface area contributed by atoms with Gasteiger partial charge in [-0.3, -0.25) is 9.36 Å². The molecule has 0 radical (unpaired) electrons. The maximum Gasteiger partial charge on any atom is 0.326 e. The number of amides is 1. The van der Waals surface area contributed by atoms with Gasteiger partial charge in [0, 0.05) is 28.2 Å². The van der Waals surface area contributed by atoms with Crippen LogP contribution in [0.15, 0.2) is 59.5 Å². The minimum atomic E-state index is -0.668. The molecule has 2 unspecified atom stereocenters. The number of hydrogen-bond acceptors (Lipinski definition) is 2. The van der Waals surface area contributed by atoms with Gasteiger partial charge in [-0.2, -0.15) is 0 Å². The van der Waals surface area contributed by atoms with Crippen LogP contribution in [0.2, 0.25) is 10.0 Å². The Kier molecular flexibility index (Phi) is 5.73. The Labute approximate surface area is 166 Å². The maximum absolute atomic E-state index is 12.3. The van der Waals surface area contributed by atoms with E-state index < -0.39 is 5.91 Å². The van der Waals surface area contributed by atoms with E-state index in [4.69, 9.17) is 28.9 Å². The van der Waals surface area contributed by atoms with E-state index in [-0.39, 0.29) is 23.3 Å². The van der Waals surface area contributed by atoms with E-state index in [0.29, 0.717) is 16.5 Å². The van der Waals surface area contributed by atoms with Crippen LogP contribution in [0.1, 0.15) is 40.5 Å². The Morgan fingerprint density at radius 2 is 1.63 bits per heavy atom. The Bertz CT molecular complexity index is 991. The van der Waals surface area contributed by atoms with Gasteiger partial charge in [-0.1, -0.05) is 47.5 Å². The molecule has 0 saturated heterocycles. The van der Waals surface area contributed by atoms with Crippen LogP contribution in [-0.2, 0) is 6.42 Å². The smallest absolute Gasteiger partial charge is 0.326 e. The third kappa shape index (κ3) is 4.43. The van der Waals surface area contributed by atoms with Crippen molar-refractivity contribution in [2.45, 2.75) is 25.3 Å². The Balaban J connectivity index is 2.00. The van der Waals surface area contributed by atoms with Crippen LogP contribution in [0, 0.1) is 0 Å². The number of rotatable bonds is 6. The second kappa shape index (κ2) is 8.03. The minimum absolute atomic E-state index is 0.0299. The Morgan fingerprint density at radius 3 is 2.15 bits per heavy atom. The van der Waals surface area contributed by atoms with Gasteiger partial charge < -0.3 is 10.7 Å². The molecule has 1 amide bonds. The predicted molar refractivity (Wildman–Crippen MR) is 108 cm³/mol. The molecule has 27 heavy (non-hydrogen) atoms. The first kappa shape index (κ1) is 19.3. The predicted octanol–water partition coefficient (Wildman–Crippen LogP) is 4.17. The van der Waals surface area contributed by atoms with Crippen LogP contribution >= 0.6 is 23.2 Å². The summed E-state index contributed by atoms with van der Waals surface area (Å²) in [6, 6.07) is 14.9. The quantitative estimate of drug-likeness (QED) is 0.647. The van der Waals surface area contributed by atoms with E-state index >= 15 is 0 Å². The topological polar surface area (TPSA) is 80.9 Å². The lowest BCUT2D eigenvalue weighted by molar-refractivity contribution is 0.0996.